The first-order chi connectivity index (χ1) is 13.9. The molecule has 0 radical (unpaired) electrons. The van der Waals surface area contributed by atoms with E-state index in [1.807, 2.05) is 73.7 Å². The van der Waals surface area contributed by atoms with Crippen molar-refractivity contribution in [1.82, 2.24) is 4.72 Å². The van der Waals surface area contributed by atoms with Crippen LogP contribution in [0.4, 0.5) is 5.69 Å². The molecule has 0 bridgehead atoms. The van der Waals surface area contributed by atoms with E-state index in [0.717, 1.165) is 40.4 Å². The number of carbonyl (C=O) groups is 1. The number of benzene rings is 3. The van der Waals surface area contributed by atoms with Crippen molar-refractivity contribution in [3.05, 3.63) is 77.9 Å². The van der Waals surface area contributed by atoms with Gasteiger partial charge < -0.3 is 5.32 Å². The third-order valence-electron chi connectivity index (χ3n) is 5.15. The lowest BCUT2D eigenvalue weighted by molar-refractivity contribution is -0.117. The minimum Gasteiger partial charge on any atom is -0.326 e. The summed E-state index contributed by atoms with van der Waals surface area (Å²) < 4.78 is 28.0. The molecule has 1 fully saturated rings. The lowest BCUT2D eigenvalue weighted by Crippen LogP contribution is -2.28. The molecule has 2 N–H and O–H groups in total. The lowest BCUT2D eigenvalue weighted by Gasteiger charge is -2.15. The number of amides is 1. The summed E-state index contributed by atoms with van der Waals surface area (Å²) in [6.07, 6.45) is 1.92. The summed E-state index contributed by atoms with van der Waals surface area (Å²) in [6.45, 7) is 1.82. The molecule has 0 unspecified atom stereocenters. The summed E-state index contributed by atoms with van der Waals surface area (Å²) in [5.41, 5.74) is 2.33. The third kappa shape index (κ3) is 5.02. The van der Waals surface area contributed by atoms with Gasteiger partial charge in [0.1, 0.15) is 0 Å². The predicted octanol–water partition coefficient (Wildman–Crippen LogP) is 4.37. The summed E-state index contributed by atoms with van der Waals surface area (Å²) in [5.74, 6) is 0.134. The van der Waals surface area contributed by atoms with Gasteiger partial charge in [-0.2, -0.15) is 0 Å². The average Bonchev–Trinajstić information content (AvgIpc) is 3.53. The Kier molecular flexibility index (Phi) is 5.39. The molecule has 0 heterocycles. The smallest absolute Gasteiger partial charge is 0.227 e. The first-order valence-electron chi connectivity index (χ1n) is 9.78. The molecule has 0 aliphatic heterocycles. The van der Waals surface area contributed by atoms with E-state index >= 15 is 0 Å². The molecule has 1 saturated carbocycles. The Balaban J connectivity index is 1.40. The molecule has 0 saturated heterocycles. The van der Waals surface area contributed by atoms with Crippen molar-refractivity contribution in [2.45, 2.75) is 31.6 Å². The highest BCUT2D eigenvalue weighted by atomic mass is 32.2. The Labute approximate surface area is 171 Å². The minimum atomic E-state index is -3.50. The Morgan fingerprint density at radius 2 is 1.69 bits per heavy atom. The first kappa shape index (κ1) is 19.6. The van der Waals surface area contributed by atoms with Gasteiger partial charge in [-0.25, -0.2) is 13.1 Å². The summed E-state index contributed by atoms with van der Waals surface area (Å²) in [7, 11) is -3.50. The monoisotopic (exact) mass is 408 g/mol. The minimum absolute atomic E-state index is 0.0573. The fraction of sp³-hybridized carbons (Fsp3) is 0.261. The standard InChI is InChI=1S/C23H24N2O3S/c1-16(18-10-12-22(13-11-18)24-23(26)20-8-9-20)25-29(27,28)15-17-6-7-19-4-2-3-5-21(19)14-17/h2-7,10-14,16,20,25H,8-9,15H2,1H3,(H,24,26)/t16-/m1/s1. The molecular formula is C23H24N2O3S. The summed E-state index contributed by atoms with van der Waals surface area (Å²) >= 11 is 0. The maximum absolute atomic E-state index is 12.6. The zero-order chi connectivity index (χ0) is 20.4. The van der Waals surface area contributed by atoms with E-state index in [9.17, 15) is 13.2 Å². The van der Waals surface area contributed by atoms with Crippen LogP contribution in [-0.2, 0) is 20.6 Å². The Hall–Kier alpha value is -2.70. The molecular weight excluding hydrogens is 384 g/mol. The van der Waals surface area contributed by atoms with E-state index in [1.54, 1.807) is 0 Å². The van der Waals surface area contributed by atoms with Gasteiger partial charge in [-0.05, 0) is 53.8 Å². The van der Waals surface area contributed by atoms with Crippen molar-refractivity contribution < 1.29 is 13.2 Å². The molecule has 4 rings (SSSR count). The number of anilines is 1. The van der Waals surface area contributed by atoms with Crippen molar-refractivity contribution >= 4 is 32.4 Å². The van der Waals surface area contributed by atoms with Gasteiger partial charge in [0, 0.05) is 17.6 Å². The number of rotatable bonds is 7. The predicted molar refractivity (Wildman–Crippen MR) is 116 cm³/mol. The van der Waals surface area contributed by atoms with Crippen LogP contribution in [0.1, 0.15) is 36.9 Å². The van der Waals surface area contributed by atoms with Crippen molar-refractivity contribution in [2.24, 2.45) is 5.92 Å². The van der Waals surface area contributed by atoms with Gasteiger partial charge in [-0.3, -0.25) is 4.79 Å². The maximum atomic E-state index is 12.6. The van der Waals surface area contributed by atoms with E-state index in [4.69, 9.17) is 0 Å². The van der Waals surface area contributed by atoms with Crippen LogP contribution in [0.25, 0.3) is 10.8 Å². The summed E-state index contributed by atoms with van der Waals surface area (Å²) in [4.78, 5) is 11.8. The van der Waals surface area contributed by atoms with Crippen LogP contribution in [0.15, 0.2) is 66.7 Å². The van der Waals surface area contributed by atoms with Crippen molar-refractivity contribution in [1.29, 1.82) is 0 Å². The van der Waals surface area contributed by atoms with Gasteiger partial charge in [-0.1, -0.05) is 54.6 Å². The summed E-state index contributed by atoms with van der Waals surface area (Å²) in [5, 5.41) is 5.00. The van der Waals surface area contributed by atoms with Crippen molar-refractivity contribution in [2.75, 3.05) is 5.32 Å². The molecule has 1 aliphatic rings. The zero-order valence-electron chi connectivity index (χ0n) is 16.3. The molecule has 1 aliphatic carbocycles. The molecule has 150 valence electrons. The molecule has 3 aromatic rings. The van der Waals surface area contributed by atoms with E-state index in [0.29, 0.717) is 0 Å². The first-order valence-corrected chi connectivity index (χ1v) is 11.4. The van der Waals surface area contributed by atoms with E-state index in [1.165, 1.54) is 0 Å². The molecule has 1 atom stereocenters. The Morgan fingerprint density at radius 1 is 1.00 bits per heavy atom. The van der Waals surface area contributed by atoms with Crippen LogP contribution in [0.5, 0.6) is 0 Å². The number of fused-ring (bicyclic) bond motifs is 1. The topological polar surface area (TPSA) is 75.3 Å². The molecule has 3 aromatic carbocycles. The quantitative estimate of drug-likeness (QED) is 0.610. The largest absolute Gasteiger partial charge is 0.326 e. The zero-order valence-corrected chi connectivity index (χ0v) is 17.1. The van der Waals surface area contributed by atoms with E-state index in [-0.39, 0.29) is 23.6 Å². The van der Waals surface area contributed by atoms with Crippen LogP contribution in [0.3, 0.4) is 0 Å². The highest BCUT2D eigenvalue weighted by Gasteiger charge is 2.29. The van der Waals surface area contributed by atoms with Gasteiger partial charge in [0.2, 0.25) is 15.9 Å². The van der Waals surface area contributed by atoms with Crippen LogP contribution in [-0.4, -0.2) is 14.3 Å². The molecule has 0 spiro atoms. The van der Waals surface area contributed by atoms with Crippen molar-refractivity contribution in [3.63, 3.8) is 0 Å². The Bertz CT molecular complexity index is 1140. The normalized spacial score (nSPS) is 15.2. The Morgan fingerprint density at radius 3 is 2.38 bits per heavy atom. The molecule has 6 heteroatoms. The fourth-order valence-electron chi connectivity index (χ4n) is 3.37. The average molecular weight is 409 g/mol. The van der Waals surface area contributed by atoms with Crippen LogP contribution >= 0.6 is 0 Å². The van der Waals surface area contributed by atoms with Crippen molar-refractivity contribution in [3.8, 4) is 0 Å². The van der Waals surface area contributed by atoms with Gasteiger partial charge in [-0.15, -0.1) is 0 Å². The van der Waals surface area contributed by atoms with Gasteiger partial charge in [0.25, 0.3) is 0 Å². The number of hydrogen-bond acceptors (Lipinski definition) is 3. The molecule has 1 amide bonds. The van der Waals surface area contributed by atoms with E-state index < -0.39 is 10.0 Å². The second-order valence-corrected chi connectivity index (χ2v) is 9.42. The second kappa shape index (κ2) is 7.97. The molecule has 0 aromatic heterocycles. The SMILES string of the molecule is C[C@@H](NS(=O)(=O)Cc1ccc2ccccc2c1)c1ccc(NC(=O)C2CC2)cc1. The molecule has 5 nitrogen and oxygen atoms in total. The number of hydrogen-bond donors (Lipinski definition) is 2. The second-order valence-electron chi connectivity index (χ2n) is 7.67. The summed E-state index contributed by atoms with van der Waals surface area (Å²) in [6, 6.07) is 20.5. The number of sulfonamides is 1. The van der Waals surface area contributed by atoms with Crippen LogP contribution in [0.2, 0.25) is 0 Å². The third-order valence-corrected chi connectivity index (χ3v) is 6.58. The van der Waals surface area contributed by atoms with Gasteiger partial charge in [0.15, 0.2) is 0 Å². The van der Waals surface area contributed by atoms with Gasteiger partial charge >= 0.3 is 0 Å². The number of carbonyl (C=O) groups excluding carboxylic acids is 1. The van der Waals surface area contributed by atoms with Crippen LogP contribution < -0.4 is 10.0 Å². The lowest BCUT2D eigenvalue weighted by atomic mass is 10.1. The maximum Gasteiger partial charge on any atom is 0.227 e. The van der Waals surface area contributed by atoms with Gasteiger partial charge in [0.05, 0.1) is 5.75 Å². The highest BCUT2D eigenvalue weighted by Crippen LogP contribution is 2.30. The van der Waals surface area contributed by atoms with E-state index in [2.05, 4.69) is 10.0 Å². The number of nitrogens with one attached hydrogen (secondary N) is 2. The van der Waals surface area contributed by atoms with Crippen LogP contribution in [0, 0.1) is 5.92 Å². The fourth-order valence-corrected chi connectivity index (χ4v) is 4.75. The molecule has 29 heavy (non-hydrogen) atoms. The highest BCUT2D eigenvalue weighted by molar-refractivity contribution is 7.88.